The molecule has 0 aromatic heterocycles. The third-order valence-electron chi connectivity index (χ3n) is 4.09. The van der Waals surface area contributed by atoms with Gasteiger partial charge in [-0.1, -0.05) is 73.6 Å². The molecular weight excluding hydrogens is 328 g/mol. The fourth-order valence-electron chi connectivity index (χ4n) is 2.60. The lowest BCUT2D eigenvalue weighted by Crippen LogP contribution is -2.19. The third-order valence-corrected chi connectivity index (χ3v) is 4.09. The second-order valence-corrected chi connectivity index (χ2v) is 7.81. The summed E-state index contributed by atoms with van der Waals surface area (Å²) in [5.74, 6) is -0.187. The summed E-state index contributed by atoms with van der Waals surface area (Å²) in [6.07, 6.45) is 7.90. The van der Waals surface area contributed by atoms with Gasteiger partial charge in [-0.15, -0.1) is 0 Å². The van der Waals surface area contributed by atoms with Crippen molar-refractivity contribution in [3.8, 4) is 0 Å². The zero-order valence-electron chi connectivity index (χ0n) is 17.9. The van der Waals surface area contributed by atoms with Crippen LogP contribution in [0.2, 0.25) is 0 Å². The van der Waals surface area contributed by atoms with Crippen molar-refractivity contribution in [3.63, 3.8) is 0 Å². The van der Waals surface area contributed by atoms with E-state index in [0.717, 1.165) is 12.8 Å². The van der Waals surface area contributed by atoms with E-state index in [1.54, 1.807) is 0 Å². The second-order valence-electron chi connectivity index (χ2n) is 7.81. The first-order valence-electron chi connectivity index (χ1n) is 10.4. The van der Waals surface area contributed by atoms with Crippen LogP contribution in [0.3, 0.4) is 0 Å². The van der Waals surface area contributed by atoms with Crippen molar-refractivity contribution in [2.24, 2.45) is 11.8 Å². The summed E-state index contributed by atoms with van der Waals surface area (Å²) in [4.78, 5) is 25.0. The zero-order chi connectivity index (χ0) is 19.9. The van der Waals surface area contributed by atoms with Crippen LogP contribution >= 0.6 is 0 Å². The standard InChI is InChI=1S/C22H40O4/c1-7-9-10-11-12-13-14-20(22(24)26-16-18(5)6)19(8-2)21(23)25-15-17(3)4/h17-18H,7-16H2,1-6H3. The van der Waals surface area contributed by atoms with Gasteiger partial charge in [-0.05, 0) is 31.1 Å². The molecule has 26 heavy (non-hydrogen) atoms. The highest BCUT2D eigenvalue weighted by molar-refractivity contribution is 6.00. The summed E-state index contributed by atoms with van der Waals surface area (Å²) in [6, 6.07) is 0. The molecule has 0 saturated carbocycles. The van der Waals surface area contributed by atoms with Gasteiger partial charge in [-0.2, -0.15) is 0 Å². The molecule has 152 valence electrons. The third kappa shape index (κ3) is 11.3. The molecule has 0 heterocycles. The number of carbonyl (C=O) groups excluding carboxylic acids is 2. The van der Waals surface area contributed by atoms with Crippen LogP contribution in [0.25, 0.3) is 0 Å². The molecule has 0 aliphatic rings. The maximum atomic E-state index is 12.6. The van der Waals surface area contributed by atoms with Gasteiger partial charge >= 0.3 is 11.9 Å². The molecule has 0 saturated heterocycles. The van der Waals surface area contributed by atoms with Crippen molar-refractivity contribution in [3.05, 3.63) is 11.1 Å². The molecule has 0 aromatic carbocycles. The number of esters is 2. The van der Waals surface area contributed by atoms with Crippen LogP contribution in [0.4, 0.5) is 0 Å². The first kappa shape index (κ1) is 24.7. The van der Waals surface area contributed by atoms with E-state index < -0.39 is 0 Å². The number of hydrogen-bond donors (Lipinski definition) is 0. The van der Waals surface area contributed by atoms with Crippen LogP contribution < -0.4 is 0 Å². The van der Waals surface area contributed by atoms with Crippen molar-refractivity contribution in [1.29, 1.82) is 0 Å². The molecule has 0 fully saturated rings. The average Bonchev–Trinajstić information content (AvgIpc) is 2.59. The Morgan fingerprint density at radius 2 is 1.15 bits per heavy atom. The lowest BCUT2D eigenvalue weighted by Gasteiger charge is -2.15. The quantitative estimate of drug-likeness (QED) is 0.219. The van der Waals surface area contributed by atoms with E-state index in [1.165, 1.54) is 25.7 Å². The predicted octanol–water partition coefficient (Wildman–Crippen LogP) is 5.84. The van der Waals surface area contributed by atoms with Crippen LogP contribution in [0.1, 0.15) is 92.9 Å². The Morgan fingerprint density at radius 3 is 1.62 bits per heavy atom. The van der Waals surface area contributed by atoms with Crippen LogP contribution in [0, 0.1) is 11.8 Å². The first-order valence-corrected chi connectivity index (χ1v) is 10.4. The summed E-state index contributed by atoms with van der Waals surface area (Å²) in [7, 11) is 0. The summed E-state index contributed by atoms with van der Waals surface area (Å²) < 4.78 is 10.8. The van der Waals surface area contributed by atoms with Gasteiger partial charge in [-0.25, -0.2) is 9.59 Å². The number of ether oxygens (including phenoxy) is 2. The SMILES string of the molecule is CCCCCCCCC(C(=O)OCC(C)C)=C(CC)C(=O)OCC(C)C. The Bertz CT molecular complexity index is 435. The predicted molar refractivity (Wildman–Crippen MR) is 107 cm³/mol. The zero-order valence-corrected chi connectivity index (χ0v) is 17.9. The van der Waals surface area contributed by atoms with Gasteiger partial charge in [0.25, 0.3) is 0 Å². The van der Waals surface area contributed by atoms with Gasteiger partial charge in [0, 0.05) is 11.1 Å². The first-order chi connectivity index (χ1) is 12.3. The van der Waals surface area contributed by atoms with E-state index in [2.05, 4.69) is 6.92 Å². The number of rotatable bonds is 14. The van der Waals surface area contributed by atoms with Crippen molar-refractivity contribution < 1.29 is 19.1 Å². The Kier molecular flexibility index (Phi) is 14.1. The molecular formula is C22H40O4. The highest BCUT2D eigenvalue weighted by Gasteiger charge is 2.22. The molecule has 0 aliphatic carbocycles. The number of carbonyl (C=O) groups is 2. The van der Waals surface area contributed by atoms with E-state index in [0.29, 0.717) is 37.2 Å². The normalized spacial score (nSPS) is 12.3. The highest BCUT2D eigenvalue weighted by atomic mass is 16.5. The minimum atomic E-state index is -0.372. The minimum absolute atomic E-state index is 0.270. The Morgan fingerprint density at radius 1 is 0.692 bits per heavy atom. The van der Waals surface area contributed by atoms with Gasteiger partial charge in [0.05, 0.1) is 13.2 Å². The lowest BCUT2D eigenvalue weighted by molar-refractivity contribution is -0.143. The van der Waals surface area contributed by atoms with Crippen molar-refractivity contribution >= 4 is 11.9 Å². The molecule has 0 aromatic rings. The van der Waals surface area contributed by atoms with E-state index in [-0.39, 0.29) is 23.8 Å². The fraction of sp³-hybridized carbons (Fsp3) is 0.818. The highest BCUT2D eigenvalue weighted by Crippen LogP contribution is 2.21. The maximum absolute atomic E-state index is 12.6. The summed E-state index contributed by atoms with van der Waals surface area (Å²) in [5.41, 5.74) is 0.991. The van der Waals surface area contributed by atoms with Gasteiger partial charge in [0.15, 0.2) is 0 Å². The molecule has 0 radical (unpaired) electrons. The minimum Gasteiger partial charge on any atom is -0.462 e. The molecule has 0 atom stereocenters. The van der Waals surface area contributed by atoms with Gasteiger partial charge < -0.3 is 9.47 Å². The molecule has 0 rings (SSSR count). The molecule has 0 N–H and O–H groups in total. The fourth-order valence-corrected chi connectivity index (χ4v) is 2.60. The molecule has 4 nitrogen and oxygen atoms in total. The summed E-state index contributed by atoms with van der Waals surface area (Å²) in [6.45, 7) is 12.8. The van der Waals surface area contributed by atoms with Crippen LogP contribution in [-0.2, 0) is 19.1 Å². The van der Waals surface area contributed by atoms with Gasteiger partial charge in [-0.3, -0.25) is 0 Å². The van der Waals surface area contributed by atoms with Crippen molar-refractivity contribution in [1.82, 2.24) is 0 Å². The molecule has 0 amide bonds. The van der Waals surface area contributed by atoms with Crippen LogP contribution in [0.5, 0.6) is 0 Å². The summed E-state index contributed by atoms with van der Waals surface area (Å²) >= 11 is 0. The van der Waals surface area contributed by atoms with E-state index in [1.807, 2.05) is 34.6 Å². The smallest absolute Gasteiger partial charge is 0.334 e. The average molecular weight is 369 g/mol. The lowest BCUT2D eigenvalue weighted by atomic mass is 9.99. The molecule has 0 unspecified atom stereocenters. The van der Waals surface area contributed by atoms with Gasteiger partial charge in [0.2, 0.25) is 0 Å². The Labute approximate surface area is 160 Å². The topological polar surface area (TPSA) is 52.6 Å². The monoisotopic (exact) mass is 368 g/mol. The molecule has 4 heteroatoms. The van der Waals surface area contributed by atoms with E-state index in [4.69, 9.17) is 9.47 Å². The Hall–Kier alpha value is -1.32. The Balaban J connectivity index is 5.04. The summed E-state index contributed by atoms with van der Waals surface area (Å²) in [5, 5.41) is 0. The largest absolute Gasteiger partial charge is 0.462 e. The van der Waals surface area contributed by atoms with E-state index >= 15 is 0 Å². The van der Waals surface area contributed by atoms with Crippen molar-refractivity contribution in [2.75, 3.05) is 13.2 Å². The molecule has 0 spiro atoms. The maximum Gasteiger partial charge on any atom is 0.334 e. The van der Waals surface area contributed by atoms with Crippen molar-refractivity contribution in [2.45, 2.75) is 92.9 Å². The van der Waals surface area contributed by atoms with Gasteiger partial charge in [0.1, 0.15) is 0 Å². The second kappa shape index (κ2) is 14.8. The van der Waals surface area contributed by atoms with Crippen LogP contribution in [0.15, 0.2) is 11.1 Å². The number of unbranched alkanes of at least 4 members (excludes halogenated alkanes) is 5. The number of hydrogen-bond acceptors (Lipinski definition) is 4. The van der Waals surface area contributed by atoms with Crippen LogP contribution in [-0.4, -0.2) is 25.2 Å². The molecule has 0 bridgehead atoms. The van der Waals surface area contributed by atoms with E-state index in [9.17, 15) is 9.59 Å². The molecule has 0 aliphatic heterocycles.